The predicted molar refractivity (Wildman–Crippen MR) is 106 cm³/mol. The fraction of sp³-hybridized carbons (Fsp3) is 0.190. The summed E-state index contributed by atoms with van der Waals surface area (Å²) in [5, 5.41) is 12.6. The van der Waals surface area contributed by atoms with Crippen molar-refractivity contribution in [2.24, 2.45) is 0 Å². The van der Waals surface area contributed by atoms with E-state index in [0.29, 0.717) is 22.5 Å². The predicted octanol–water partition coefficient (Wildman–Crippen LogP) is 2.17. The molecule has 1 amide bonds. The number of carbonyl (C=O) groups excluding carboxylic acids is 3. The van der Waals surface area contributed by atoms with Crippen LogP contribution in [0.4, 0.5) is 11.4 Å². The first-order valence-corrected chi connectivity index (χ1v) is 8.29. The number of ketones is 1. The number of anilines is 2. The number of carbonyl (C=O) groups is 3. The van der Waals surface area contributed by atoms with Gasteiger partial charge in [-0.15, -0.1) is 0 Å². The highest BCUT2D eigenvalue weighted by Gasteiger charge is 2.16. The number of hydrogen-bond donors (Lipinski definition) is 2. The second kappa shape index (κ2) is 8.73. The van der Waals surface area contributed by atoms with Gasteiger partial charge in [-0.05, 0) is 24.3 Å². The summed E-state index contributed by atoms with van der Waals surface area (Å²) in [7, 11) is 4.80. The lowest BCUT2D eigenvalue weighted by Crippen LogP contribution is -2.19. The highest BCUT2D eigenvalue weighted by molar-refractivity contribution is 6.39. The summed E-state index contributed by atoms with van der Waals surface area (Å²) in [6.07, 6.45) is 0. The van der Waals surface area contributed by atoms with Gasteiger partial charge in [0.25, 0.3) is 5.91 Å². The van der Waals surface area contributed by atoms with E-state index in [2.05, 4.69) is 21.9 Å². The minimum Gasteiger partial charge on any atom is -0.507 e. The summed E-state index contributed by atoms with van der Waals surface area (Å²) in [6.45, 7) is 1.19. The molecule has 2 aromatic rings. The van der Waals surface area contributed by atoms with Crippen molar-refractivity contribution < 1.29 is 24.2 Å². The van der Waals surface area contributed by atoms with E-state index in [1.165, 1.54) is 26.2 Å². The molecule has 0 aliphatic heterocycles. The Morgan fingerprint density at radius 3 is 2.43 bits per heavy atom. The molecule has 0 aliphatic rings. The summed E-state index contributed by atoms with van der Waals surface area (Å²) in [6, 6.07) is 9.62. The Morgan fingerprint density at radius 1 is 1.11 bits per heavy atom. The molecule has 7 nitrogen and oxygen atoms in total. The number of Topliss-reactive ketones (excluding diaryl/α,β-unsaturated/α-hetero) is 1. The number of nitrogens with one attached hydrogen (secondary N) is 1. The van der Waals surface area contributed by atoms with Crippen LogP contribution in [0.15, 0.2) is 36.4 Å². The molecule has 2 rings (SSSR count). The fourth-order valence-corrected chi connectivity index (χ4v) is 2.35. The van der Waals surface area contributed by atoms with Crippen LogP contribution in [-0.4, -0.2) is 44.0 Å². The highest BCUT2D eigenvalue weighted by atomic mass is 16.5. The fourth-order valence-electron chi connectivity index (χ4n) is 2.35. The molecule has 0 unspecified atom stereocenters. The molecule has 0 saturated carbocycles. The van der Waals surface area contributed by atoms with E-state index in [1.54, 1.807) is 43.3 Å². The molecule has 2 aromatic carbocycles. The maximum atomic E-state index is 11.8. The molecule has 144 valence electrons. The first-order chi connectivity index (χ1) is 13.2. The number of phenols is 1. The van der Waals surface area contributed by atoms with Gasteiger partial charge < -0.3 is 20.1 Å². The number of ether oxygens (including phenoxy) is 1. The molecule has 0 heterocycles. The Bertz CT molecular complexity index is 1000. The van der Waals surface area contributed by atoms with Gasteiger partial charge in [-0.3, -0.25) is 9.59 Å². The van der Waals surface area contributed by atoms with Crippen LogP contribution in [0.5, 0.6) is 5.75 Å². The third kappa shape index (κ3) is 4.89. The molecule has 0 bridgehead atoms. The van der Waals surface area contributed by atoms with Crippen LogP contribution >= 0.6 is 0 Å². The van der Waals surface area contributed by atoms with Crippen molar-refractivity contribution in [1.82, 2.24) is 0 Å². The molecule has 0 aliphatic carbocycles. The standard InChI is InChI=1S/C21H20N2O5/c1-13(24)20(26)22-16-7-5-6-14(10-16)8-9-15-11-17(21(27)28-4)19(25)12-18(15)23(2)3/h5-7,10-12,25H,1-4H3,(H,22,26). The van der Waals surface area contributed by atoms with E-state index in [9.17, 15) is 19.5 Å². The number of nitrogens with zero attached hydrogens (tertiary/aromatic N) is 1. The van der Waals surface area contributed by atoms with Crippen molar-refractivity contribution in [3.8, 4) is 17.6 Å². The van der Waals surface area contributed by atoms with E-state index >= 15 is 0 Å². The van der Waals surface area contributed by atoms with Gasteiger partial charge in [0.1, 0.15) is 11.3 Å². The molecular weight excluding hydrogens is 360 g/mol. The first-order valence-electron chi connectivity index (χ1n) is 8.29. The summed E-state index contributed by atoms with van der Waals surface area (Å²) >= 11 is 0. The Labute approximate surface area is 162 Å². The molecule has 7 heteroatoms. The Hall–Kier alpha value is -3.79. The van der Waals surface area contributed by atoms with Gasteiger partial charge in [-0.1, -0.05) is 17.9 Å². The lowest BCUT2D eigenvalue weighted by Gasteiger charge is -2.16. The maximum absolute atomic E-state index is 11.8. The van der Waals surface area contributed by atoms with Crippen LogP contribution in [0.2, 0.25) is 0 Å². The summed E-state index contributed by atoms with van der Waals surface area (Å²) in [5.41, 5.74) is 2.19. The third-order valence-electron chi connectivity index (χ3n) is 3.78. The Morgan fingerprint density at radius 2 is 1.82 bits per heavy atom. The zero-order valence-electron chi connectivity index (χ0n) is 16.0. The molecule has 0 spiro atoms. The maximum Gasteiger partial charge on any atom is 0.341 e. The average molecular weight is 380 g/mol. The average Bonchev–Trinajstić information content (AvgIpc) is 2.66. The van der Waals surface area contributed by atoms with Gasteiger partial charge in [0.15, 0.2) is 0 Å². The number of benzene rings is 2. The van der Waals surface area contributed by atoms with Crippen LogP contribution in [-0.2, 0) is 14.3 Å². The minimum absolute atomic E-state index is 0.0138. The summed E-state index contributed by atoms with van der Waals surface area (Å²) < 4.78 is 4.68. The lowest BCUT2D eigenvalue weighted by molar-refractivity contribution is -0.133. The van der Waals surface area contributed by atoms with Gasteiger partial charge in [0.2, 0.25) is 5.78 Å². The van der Waals surface area contributed by atoms with Gasteiger partial charge in [-0.2, -0.15) is 0 Å². The van der Waals surface area contributed by atoms with Crippen LogP contribution < -0.4 is 10.2 Å². The number of phenolic OH excluding ortho intramolecular Hbond substituents is 1. The SMILES string of the molecule is COC(=O)c1cc(C#Cc2cccc(NC(=O)C(C)=O)c2)c(N(C)C)cc1O. The zero-order chi connectivity index (χ0) is 20.8. The second-order valence-corrected chi connectivity index (χ2v) is 6.11. The zero-order valence-corrected chi connectivity index (χ0v) is 16.0. The van der Waals surface area contributed by atoms with Crippen molar-refractivity contribution in [2.75, 3.05) is 31.4 Å². The first kappa shape index (κ1) is 20.5. The van der Waals surface area contributed by atoms with E-state index < -0.39 is 17.7 Å². The van der Waals surface area contributed by atoms with Gasteiger partial charge >= 0.3 is 5.97 Å². The van der Waals surface area contributed by atoms with E-state index in [1.807, 2.05) is 0 Å². The number of hydrogen-bond acceptors (Lipinski definition) is 6. The van der Waals surface area contributed by atoms with Crippen molar-refractivity contribution in [3.05, 3.63) is 53.1 Å². The molecule has 0 atom stereocenters. The topological polar surface area (TPSA) is 95.9 Å². The van der Waals surface area contributed by atoms with Crippen molar-refractivity contribution in [2.45, 2.75) is 6.92 Å². The minimum atomic E-state index is -0.707. The number of methoxy groups -OCH3 is 1. The Kier molecular flexibility index (Phi) is 6.40. The van der Waals surface area contributed by atoms with E-state index in [-0.39, 0.29) is 11.3 Å². The number of rotatable bonds is 4. The highest BCUT2D eigenvalue weighted by Crippen LogP contribution is 2.28. The van der Waals surface area contributed by atoms with Crippen LogP contribution in [0.3, 0.4) is 0 Å². The number of amides is 1. The molecule has 0 fully saturated rings. The molecular formula is C21H20N2O5. The number of esters is 1. The van der Waals surface area contributed by atoms with Gasteiger partial charge in [-0.25, -0.2) is 4.79 Å². The molecule has 28 heavy (non-hydrogen) atoms. The van der Waals surface area contributed by atoms with Crippen LogP contribution in [0, 0.1) is 11.8 Å². The molecule has 2 N–H and O–H groups in total. The molecule has 0 radical (unpaired) electrons. The van der Waals surface area contributed by atoms with E-state index in [4.69, 9.17) is 0 Å². The third-order valence-corrected chi connectivity index (χ3v) is 3.78. The largest absolute Gasteiger partial charge is 0.507 e. The van der Waals surface area contributed by atoms with Gasteiger partial charge in [0, 0.05) is 43.9 Å². The second-order valence-electron chi connectivity index (χ2n) is 6.11. The summed E-state index contributed by atoms with van der Waals surface area (Å²) in [4.78, 5) is 36.2. The molecule has 0 aromatic heterocycles. The normalized spacial score (nSPS) is 9.71. The summed E-state index contributed by atoms with van der Waals surface area (Å²) in [5.74, 6) is 3.76. The lowest BCUT2D eigenvalue weighted by atomic mass is 10.1. The molecule has 0 saturated heterocycles. The van der Waals surface area contributed by atoms with E-state index in [0.717, 1.165) is 0 Å². The number of aromatic hydroxyl groups is 1. The van der Waals surface area contributed by atoms with Crippen molar-refractivity contribution >= 4 is 29.0 Å². The van der Waals surface area contributed by atoms with Crippen molar-refractivity contribution in [3.63, 3.8) is 0 Å². The Balaban J connectivity index is 2.43. The monoisotopic (exact) mass is 380 g/mol. The van der Waals surface area contributed by atoms with Crippen LogP contribution in [0.25, 0.3) is 0 Å². The van der Waals surface area contributed by atoms with Gasteiger partial charge in [0.05, 0.1) is 12.8 Å². The van der Waals surface area contributed by atoms with Crippen LogP contribution in [0.1, 0.15) is 28.4 Å². The quantitative estimate of drug-likeness (QED) is 0.479. The smallest absolute Gasteiger partial charge is 0.341 e. The van der Waals surface area contributed by atoms with Crippen molar-refractivity contribution in [1.29, 1.82) is 0 Å².